The Balaban J connectivity index is 1.60. The molecular formula is C13H15N3O3. The second-order valence-corrected chi connectivity index (χ2v) is 4.40. The molecule has 1 aliphatic rings. The lowest BCUT2D eigenvalue weighted by molar-refractivity contribution is -0.133. The van der Waals surface area contributed by atoms with Gasteiger partial charge in [-0.1, -0.05) is 0 Å². The Bertz CT molecular complexity index is 575. The first-order chi connectivity index (χ1) is 9.33. The summed E-state index contributed by atoms with van der Waals surface area (Å²) in [5.41, 5.74) is 1.44. The molecule has 1 saturated heterocycles. The van der Waals surface area contributed by atoms with Crippen LogP contribution in [-0.4, -0.2) is 48.6 Å². The van der Waals surface area contributed by atoms with Crippen LogP contribution in [0.25, 0.3) is 11.1 Å². The van der Waals surface area contributed by atoms with Crippen LogP contribution >= 0.6 is 0 Å². The van der Waals surface area contributed by atoms with Crippen LogP contribution in [0.1, 0.15) is 0 Å². The molecular weight excluding hydrogens is 246 g/mol. The summed E-state index contributed by atoms with van der Waals surface area (Å²) in [6.07, 6.45) is 1.39. The van der Waals surface area contributed by atoms with Crippen molar-refractivity contribution in [3.63, 3.8) is 0 Å². The summed E-state index contributed by atoms with van der Waals surface area (Å²) in [5, 5.41) is 3.21. The van der Waals surface area contributed by atoms with Gasteiger partial charge in [0.15, 0.2) is 18.6 Å². The first kappa shape index (κ1) is 12.0. The number of nitrogens with zero attached hydrogens (tertiary/aromatic N) is 2. The lowest BCUT2D eigenvalue weighted by Gasteiger charge is -2.27. The van der Waals surface area contributed by atoms with E-state index in [4.69, 9.17) is 9.15 Å². The van der Waals surface area contributed by atoms with Crippen LogP contribution in [0.5, 0.6) is 5.75 Å². The number of fused-ring (bicyclic) bond motifs is 1. The third-order valence-electron chi connectivity index (χ3n) is 3.13. The number of carbonyl (C=O) groups is 1. The van der Waals surface area contributed by atoms with Crippen molar-refractivity contribution in [2.24, 2.45) is 0 Å². The molecule has 0 aliphatic carbocycles. The highest BCUT2D eigenvalue weighted by Gasteiger charge is 2.16. The van der Waals surface area contributed by atoms with Gasteiger partial charge in [-0.05, 0) is 12.1 Å². The molecule has 0 bridgehead atoms. The standard InChI is InChI=1S/C13H15N3O3/c17-13(16-5-3-14-4-6-16)8-18-10-1-2-11-12(7-10)19-9-15-11/h1-2,7,9,14H,3-6,8H2. The molecule has 3 rings (SSSR count). The van der Waals surface area contributed by atoms with Gasteiger partial charge < -0.3 is 19.4 Å². The molecule has 1 aliphatic heterocycles. The minimum absolute atomic E-state index is 0.0131. The van der Waals surface area contributed by atoms with Crippen LogP contribution in [0.3, 0.4) is 0 Å². The normalized spacial score (nSPS) is 15.7. The van der Waals surface area contributed by atoms with Crippen LogP contribution in [0.15, 0.2) is 29.0 Å². The van der Waals surface area contributed by atoms with Crippen LogP contribution in [0.4, 0.5) is 0 Å². The number of hydrogen-bond acceptors (Lipinski definition) is 5. The van der Waals surface area contributed by atoms with Crippen molar-refractivity contribution in [3.05, 3.63) is 24.6 Å². The zero-order valence-electron chi connectivity index (χ0n) is 10.5. The smallest absolute Gasteiger partial charge is 0.260 e. The summed E-state index contributed by atoms with van der Waals surface area (Å²) in [4.78, 5) is 17.8. The number of hydrogen-bond donors (Lipinski definition) is 1. The Labute approximate surface area is 110 Å². The van der Waals surface area contributed by atoms with E-state index >= 15 is 0 Å². The monoisotopic (exact) mass is 261 g/mol. The topological polar surface area (TPSA) is 67.6 Å². The summed E-state index contributed by atoms with van der Waals surface area (Å²) in [6.45, 7) is 3.22. The second-order valence-electron chi connectivity index (χ2n) is 4.40. The average molecular weight is 261 g/mol. The maximum Gasteiger partial charge on any atom is 0.260 e. The Morgan fingerprint density at radius 3 is 3.11 bits per heavy atom. The molecule has 1 aromatic heterocycles. The lowest BCUT2D eigenvalue weighted by Crippen LogP contribution is -2.47. The summed E-state index contributed by atoms with van der Waals surface area (Å²) in [5.74, 6) is 0.631. The number of carbonyl (C=O) groups excluding carboxylic acids is 1. The number of aromatic nitrogens is 1. The van der Waals surface area contributed by atoms with E-state index in [9.17, 15) is 4.79 Å². The number of benzene rings is 1. The number of rotatable bonds is 3. The van der Waals surface area contributed by atoms with Gasteiger partial charge >= 0.3 is 0 Å². The number of oxazole rings is 1. The van der Waals surface area contributed by atoms with E-state index in [0.717, 1.165) is 31.7 Å². The molecule has 2 aromatic rings. The van der Waals surface area contributed by atoms with Crippen molar-refractivity contribution in [2.75, 3.05) is 32.8 Å². The van der Waals surface area contributed by atoms with Gasteiger partial charge in [-0.2, -0.15) is 0 Å². The largest absolute Gasteiger partial charge is 0.484 e. The first-order valence-electron chi connectivity index (χ1n) is 6.27. The van der Waals surface area contributed by atoms with Crippen molar-refractivity contribution in [3.8, 4) is 5.75 Å². The van der Waals surface area contributed by atoms with E-state index in [-0.39, 0.29) is 12.5 Å². The predicted octanol–water partition coefficient (Wildman–Crippen LogP) is 0.638. The molecule has 2 heterocycles. The molecule has 100 valence electrons. The van der Waals surface area contributed by atoms with E-state index in [2.05, 4.69) is 10.3 Å². The molecule has 0 spiro atoms. The molecule has 0 radical (unpaired) electrons. The first-order valence-corrected chi connectivity index (χ1v) is 6.27. The van der Waals surface area contributed by atoms with Gasteiger partial charge in [0, 0.05) is 32.2 Å². The Kier molecular flexibility index (Phi) is 3.33. The molecule has 0 saturated carbocycles. The molecule has 1 aromatic carbocycles. The molecule has 0 unspecified atom stereocenters. The van der Waals surface area contributed by atoms with E-state index in [1.807, 2.05) is 11.0 Å². The van der Waals surface area contributed by atoms with Crippen molar-refractivity contribution in [1.82, 2.24) is 15.2 Å². The highest BCUT2D eigenvalue weighted by Crippen LogP contribution is 2.19. The highest BCUT2D eigenvalue weighted by atomic mass is 16.5. The van der Waals surface area contributed by atoms with Crippen molar-refractivity contribution in [2.45, 2.75) is 0 Å². The zero-order valence-corrected chi connectivity index (χ0v) is 10.5. The maximum absolute atomic E-state index is 11.9. The lowest BCUT2D eigenvalue weighted by atomic mass is 10.3. The minimum atomic E-state index is 0.0131. The van der Waals surface area contributed by atoms with Crippen LogP contribution < -0.4 is 10.1 Å². The Hall–Kier alpha value is -2.08. The molecule has 0 atom stereocenters. The summed E-state index contributed by atoms with van der Waals surface area (Å²) in [7, 11) is 0. The molecule has 19 heavy (non-hydrogen) atoms. The van der Waals surface area contributed by atoms with Crippen molar-refractivity contribution >= 4 is 17.0 Å². The van der Waals surface area contributed by atoms with E-state index in [1.54, 1.807) is 12.1 Å². The molecule has 6 heteroatoms. The Morgan fingerprint density at radius 2 is 2.26 bits per heavy atom. The van der Waals surface area contributed by atoms with Crippen LogP contribution in [0.2, 0.25) is 0 Å². The predicted molar refractivity (Wildman–Crippen MR) is 69.0 cm³/mol. The van der Waals surface area contributed by atoms with Gasteiger partial charge in [-0.3, -0.25) is 4.79 Å². The summed E-state index contributed by atoms with van der Waals surface area (Å²) in [6, 6.07) is 5.34. The van der Waals surface area contributed by atoms with E-state index in [1.165, 1.54) is 6.39 Å². The summed E-state index contributed by atoms with van der Waals surface area (Å²) >= 11 is 0. The van der Waals surface area contributed by atoms with Crippen LogP contribution in [-0.2, 0) is 4.79 Å². The molecule has 1 N–H and O–H groups in total. The van der Waals surface area contributed by atoms with Gasteiger partial charge in [-0.15, -0.1) is 0 Å². The number of piperazine rings is 1. The number of ether oxygens (including phenoxy) is 1. The third-order valence-corrected chi connectivity index (χ3v) is 3.13. The van der Waals surface area contributed by atoms with Gasteiger partial charge in [0.2, 0.25) is 0 Å². The fourth-order valence-corrected chi connectivity index (χ4v) is 2.08. The number of amides is 1. The second kappa shape index (κ2) is 5.27. The number of nitrogens with one attached hydrogen (secondary N) is 1. The minimum Gasteiger partial charge on any atom is -0.484 e. The van der Waals surface area contributed by atoms with Gasteiger partial charge in [0.05, 0.1) is 0 Å². The Morgan fingerprint density at radius 1 is 1.42 bits per heavy atom. The average Bonchev–Trinajstić information content (AvgIpc) is 2.93. The van der Waals surface area contributed by atoms with Gasteiger partial charge in [-0.25, -0.2) is 4.98 Å². The van der Waals surface area contributed by atoms with Crippen molar-refractivity contribution in [1.29, 1.82) is 0 Å². The van der Waals surface area contributed by atoms with Crippen LogP contribution in [0, 0.1) is 0 Å². The fourth-order valence-electron chi connectivity index (χ4n) is 2.08. The van der Waals surface area contributed by atoms with Crippen molar-refractivity contribution < 1.29 is 13.9 Å². The molecule has 1 fully saturated rings. The van der Waals surface area contributed by atoms with E-state index < -0.39 is 0 Å². The van der Waals surface area contributed by atoms with Gasteiger partial charge in [0.25, 0.3) is 5.91 Å². The zero-order chi connectivity index (χ0) is 13.1. The van der Waals surface area contributed by atoms with E-state index in [0.29, 0.717) is 11.3 Å². The maximum atomic E-state index is 11.9. The summed E-state index contributed by atoms with van der Waals surface area (Å²) < 4.78 is 10.7. The van der Waals surface area contributed by atoms with Gasteiger partial charge in [0.1, 0.15) is 11.3 Å². The highest BCUT2D eigenvalue weighted by molar-refractivity contribution is 5.78. The molecule has 1 amide bonds. The third kappa shape index (κ3) is 2.68. The quantitative estimate of drug-likeness (QED) is 0.878. The molecule has 6 nitrogen and oxygen atoms in total. The fraction of sp³-hybridized carbons (Fsp3) is 0.385. The SMILES string of the molecule is O=C(COc1ccc2ncoc2c1)N1CCNCC1.